The molecular formula is C24H26N2O2S. The lowest BCUT2D eigenvalue weighted by molar-refractivity contribution is 0.181. The lowest BCUT2D eigenvalue weighted by Gasteiger charge is -2.34. The summed E-state index contributed by atoms with van der Waals surface area (Å²) in [4.78, 5) is 2.69. The Balaban J connectivity index is 1.37. The van der Waals surface area contributed by atoms with Gasteiger partial charge in [0.05, 0.1) is 4.90 Å². The highest BCUT2D eigenvalue weighted by atomic mass is 32.2. The number of sulfonamides is 1. The Hall–Kier alpha value is -2.47. The number of hydrogen-bond donors (Lipinski definition) is 0. The zero-order valence-electron chi connectivity index (χ0n) is 16.4. The second-order valence-electron chi connectivity index (χ2n) is 7.47. The van der Waals surface area contributed by atoms with E-state index in [0.29, 0.717) is 18.0 Å². The minimum absolute atomic E-state index is 0.380. The van der Waals surface area contributed by atoms with Gasteiger partial charge in [0.2, 0.25) is 10.0 Å². The van der Waals surface area contributed by atoms with Crippen molar-refractivity contribution < 1.29 is 8.42 Å². The van der Waals surface area contributed by atoms with Crippen molar-refractivity contribution >= 4 is 10.0 Å². The minimum atomic E-state index is -3.44. The molecule has 4 rings (SSSR count). The third-order valence-corrected chi connectivity index (χ3v) is 7.31. The van der Waals surface area contributed by atoms with Crippen LogP contribution in [0.4, 0.5) is 0 Å². The molecule has 3 aromatic carbocycles. The van der Waals surface area contributed by atoms with Crippen molar-refractivity contribution in [2.45, 2.75) is 17.9 Å². The molecule has 1 aliphatic rings. The van der Waals surface area contributed by atoms with E-state index >= 15 is 0 Å². The Labute approximate surface area is 173 Å². The number of hydrogen-bond acceptors (Lipinski definition) is 3. The molecule has 150 valence electrons. The highest BCUT2D eigenvalue weighted by Crippen LogP contribution is 2.20. The van der Waals surface area contributed by atoms with Gasteiger partial charge in [0, 0.05) is 32.7 Å². The van der Waals surface area contributed by atoms with Gasteiger partial charge in [-0.05, 0) is 35.2 Å². The summed E-state index contributed by atoms with van der Waals surface area (Å²) in [6, 6.07) is 27.8. The standard InChI is InChI=1S/C24H26N2O2S/c27-29(28,24-13-11-22(12-14-24)19-21-7-3-1-4-8-21)26-17-15-25(16-18-26)20-23-9-5-2-6-10-23/h1-14H,15-20H2. The molecule has 29 heavy (non-hydrogen) atoms. The zero-order chi connectivity index (χ0) is 20.1. The predicted molar refractivity (Wildman–Crippen MR) is 116 cm³/mol. The van der Waals surface area contributed by atoms with Gasteiger partial charge >= 0.3 is 0 Å². The van der Waals surface area contributed by atoms with Crippen molar-refractivity contribution in [3.8, 4) is 0 Å². The predicted octanol–water partition coefficient (Wildman–Crippen LogP) is 3.78. The molecule has 1 aliphatic heterocycles. The Morgan fingerprint density at radius 3 is 1.72 bits per heavy atom. The van der Waals surface area contributed by atoms with Gasteiger partial charge in [-0.1, -0.05) is 72.8 Å². The van der Waals surface area contributed by atoms with Crippen LogP contribution in [0.3, 0.4) is 0 Å². The van der Waals surface area contributed by atoms with E-state index in [1.54, 1.807) is 16.4 Å². The van der Waals surface area contributed by atoms with Gasteiger partial charge in [-0.3, -0.25) is 4.90 Å². The van der Waals surface area contributed by atoms with Crippen LogP contribution in [-0.4, -0.2) is 43.8 Å². The van der Waals surface area contributed by atoms with Gasteiger partial charge in [0.1, 0.15) is 0 Å². The average molecular weight is 407 g/mol. The van der Waals surface area contributed by atoms with Crippen LogP contribution in [0.15, 0.2) is 89.8 Å². The summed E-state index contributed by atoms with van der Waals surface area (Å²) in [5, 5.41) is 0. The van der Waals surface area contributed by atoms with E-state index in [9.17, 15) is 8.42 Å². The maximum atomic E-state index is 13.0. The van der Waals surface area contributed by atoms with Gasteiger partial charge in [-0.2, -0.15) is 4.31 Å². The highest BCUT2D eigenvalue weighted by Gasteiger charge is 2.28. The van der Waals surface area contributed by atoms with Crippen molar-refractivity contribution in [3.63, 3.8) is 0 Å². The average Bonchev–Trinajstić information content (AvgIpc) is 2.76. The van der Waals surface area contributed by atoms with Crippen LogP contribution in [0, 0.1) is 0 Å². The van der Waals surface area contributed by atoms with E-state index < -0.39 is 10.0 Å². The van der Waals surface area contributed by atoms with E-state index in [1.165, 1.54) is 11.1 Å². The molecule has 0 saturated carbocycles. The summed E-state index contributed by atoms with van der Waals surface area (Å²) < 4.78 is 27.7. The number of rotatable bonds is 6. The van der Waals surface area contributed by atoms with Crippen molar-refractivity contribution in [1.82, 2.24) is 9.21 Å². The zero-order valence-corrected chi connectivity index (χ0v) is 17.3. The van der Waals surface area contributed by atoms with Gasteiger partial charge in [0.25, 0.3) is 0 Å². The first-order valence-electron chi connectivity index (χ1n) is 10.0. The smallest absolute Gasteiger partial charge is 0.243 e. The lowest BCUT2D eigenvalue weighted by atomic mass is 10.1. The second-order valence-corrected chi connectivity index (χ2v) is 9.41. The molecular weight excluding hydrogens is 380 g/mol. The minimum Gasteiger partial charge on any atom is -0.296 e. The van der Waals surface area contributed by atoms with Crippen LogP contribution in [0.5, 0.6) is 0 Å². The Kier molecular flexibility index (Phi) is 6.09. The number of piperazine rings is 1. The summed E-state index contributed by atoms with van der Waals surface area (Å²) in [5.74, 6) is 0. The molecule has 0 N–H and O–H groups in total. The molecule has 1 heterocycles. The maximum Gasteiger partial charge on any atom is 0.243 e. The number of nitrogens with zero attached hydrogens (tertiary/aromatic N) is 2. The molecule has 0 spiro atoms. The molecule has 3 aromatic rings. The normalized spacial score (nSPS) is 16.0. The lowest BCUT2D eigenvalue weighted by Crippen LogP contribution is -2.48. The molecule has 5 heteroatoms. The molecule has 0 amide bonds. The van der Waals surface area contributed by atoms with Crippen LogP contribution < -0.4 is 0 Å². The molecule has 0 bridgehead atoms. The molecule has 1 fully saturated rings. The third-order valence-electron chi connectivity index (χ3n) is 5.39. The monoisotopic (exact) mass is 406 g/mol. The van der Waals surface area contributed by atoms with Crippen LogP contribution in [-0.2, 0) is 23.0 Å². The largest absolute Gasteiger partial charge is 0.296 e. The Morgan fingerprint density at radius 2 is 1.14 bits per heavy atom. The van der Waals surface area contributed by atoms with Gasteiger partial charge in [0.15, 0.2) is 0 Å². The highest BCUT2D eigenvalue weighted by molar-refractivity contribution is 7.89. The molecule has 0 atom stereocenters. The molecule has 1 saturated heterocycles. The van der Waals surface area contributed by atoms with Gasteiger partial charge in [-0.15, -0.1) is 0 Å². The van der Waals surface area contributed by atoms with E-state index in [0.717, 1.165) is 31.6 Å². The van der Waals surface area contributed by atoms with E-state index in [2.05, 4.69) is 29.2 Å². The van der Waals surface area contributed by atoms with E-state index in [-0.39, 0.29) is 0 Å². The van der Waals surface area contributed by atoms with Crippen molar-refractivity contribution in [2.24, 2.45) is 0 Å². The van der Waals surface area contributed by atoms with Crippen LogP contribution in [0.25, 0.3) is 0 Å². The summed E-state index contributed by atoms with van der Waals surface area (Å²) >= 11 is 0. The quantitative estimate of drug-likeness (QED) is 0.625. The van der Waals surface area contributed by atoms with E-state index in [1.807, 2.05) is 48.5 Å². The summed E-state index contributed by atoms with van der Waals surface area (Å²) in [7, 11) is -3.44. The van der Waals surface area contributed by atoms with Gasteiger partial charge < -0.3 is 0 Å². The fourth-order valence-corrected chi connectivity index (χ4v) is 5.15. The maximum absolute atomic E-state index is 13.0. The Bertz CT molecular complexity index is 1010. The first-order valence-corrected chi connectivity index (χ1v) is 11.4. The first-order chi connectivity index (χ1) is 14.1. The molecule has 0 unspecified atom stereocenters. The number of benzene rings is 3. The summed E-state index contributed by atoms with van der Waals surface area (Å²) in [6.07, 6.45) is 0.805. The van der Waals surface area contributed by atoms with Crippen molar-refractivity contribution in [3.05, 3.63) is 102 Å². The van der Waals surface area contributed by atoms with Crippen LogP contribution in [0.1, 0.15) is 16.7 Å². The summed E-state index contributed by atoms with van der Waals surface area (Å²) in [6.45, 7) is 3.42. The van der Waals surface area contributed by atoms with Crippen LogP contribution in [0.2, 0.25) is 0 Å². The van der Waals surface area contributed by atoms with Crippen molar-refractivity contribution in [2.75, 3.05) is 26.2 Å². The third kappa shape index (κ3) is 4.93. The van der Waals surface area contributed by atoms with Crippen LogP contribution >= 0.6 is 0 Å². The summed E-state index contributed by atoms with van der Waals surface area (Å²) in [5.41, 5.74) is 3.60. The fraction of sp³-hybridized carbons (Fsp3) is 0.250. The van der Waals surface area contributed by atoms with Crippen molar-refractivity contribution in [1.29, 1.82) is 0 Å². The van der Waals surface area contributed by atoms with E-state index in [4.69, 9.17) is 0 Å². The van der Waals surface area contributed by atoms with Gasteiger partial charge in [-0.25, -0.2) is 8.42 Å². The second kappa shape index (κ2) is 8.91. The molecule has 0 radical (unpaired) electrons. The fourth-order valence-electron chi connectivity index (χ4n) is 3.73. The molecule has 0 aromatic heterocycles. The topological polar surface area (TPSA) is 40.6 Å². The molecule has 0 aliphatic carbocycles. The molecule has 4 nitrogen and oxygen atoms in total. The Morgan fingerprint density at radius 1 is 0.621 bits per heavy atom. The SMILES string of the molecule is O=S(=O)(c1ccc(Cc2ccccc2)cc1)N1CCN(Cc2ccccc2)CC1. The first kappa shape index (κ1) is 19.8.